The molecule has 0 aromatic carbocycles. The SMILES string of the molecule is CC(CN(C)C)NC1C=CCCC1. The zero-order valence-corrected chi connectivity index (χ0v) is 9.09. The van der Waals surface area contributed by atoms with E-state index in [0.29, 0.717) is 12.1 Å². The minimum Gasteiger partial charge on any atom is -0.308 e. The summed E-state index contributed by atoms with van der Waals surface area (Å²) < 4.78 is 0. The fourth-order valence-electron chi connectivity index (χ4n) is 1.92. The zero-order chi connectivity index (χ0) is 9.68. The molecule has 0 fully saturated rings. The van der Waals surface area contributed by atoms with Crippen LogP contribution >= 0.6 is 0 Å². The molecule has 0 aromatic heterocycles. The summed E-state index contributed by atoms with van der Waals surface area (Å²) in [6.07, 6.45) is 8.51. The van der Waals surface area contributed by atoms with Gasteiger partial charge in [0.05, 0.1) is 0 Å². The van der Waals surface area contributed by atoms with E-state index in [1.165, 1.54) is 19.3 Å². The lowest BCUT2D eigenvalue weighted by Gasteiger charge is -2.24. The molecule has 1 aliphatic carbocycles. The van der Waals surface area contributed by atoms with E-state index in [9.17, 15) is 0 Å². The molecule has 0 heterocycles. The van der Waals surface area contributed by atoms with Crippen molar-refractivity contribution in [2.75, 3.05) is 20.6 Å². The number of allylic oxidation sites excluding steroid dienone is 1. The van der Waals surface area contributed by atoms with Gasteiger partial charge in [-0.25, -0.2) is 0 Å². The molecular formula is C11H22N2. The second kappa shape index (κ2) is 5.40. The Hall–Kier alpha value is -0.340. The van der Waals surface area contributed by atoms with Gasteiger partial charge < -0.3 is 10.2 Å². The molecule has 1 N–H and O–H groups in total. The van der Waals surface area contributed by atoms with Crippen molar-refractivity contribution >= 4 is 0 Å². The second-order valence-corrected chi connectivity index (χ2v) is 4.30. The van der Waals surface area contributed by atoms with E-state index in [0.717, 1.165) is 6.54 Å². The summed E-state index contributed by atoms with van der Waals surface area (Å²) in [5.41, 5.74) is 0. The van der Waals surface area contributed by atoms with Crippen LogP contribution < -0.4 is 5.32 Å². The van der Waals surface area contributed by atoms with E-state index in [4.69, 9.17) is 0 Å². The summed E-state index contributed by atoms with van der Waals surface area (Å²) in [7, 11) is 4.24. The summed E-state index contributed by atoms with van der Waals surface area (Å²) in [6, 6.07) is 1.20. The number of likely N-dealkylation sites (N-methyl/N-ethyl adjacent to an activating group) is 1. The van der Waals surface area contributed by atoms with Gasteiger partial charge in [0.15, 0.2) is 0 Å². The van der Waals surface area contributed by atoms with E-state index in [1.807, 2.05) is 0 Å². The third-order valence-corrected chi connectivity index (χ3v) is 2.39. The van der Waals surface area contributed by atoms with Crippen molar-refractivity contribution in [1.29, 1.82) is 0 Å². The molecule has 0 radical (unpaired) electrons. The van der Waals surface area contributed by atoms with Crippen molar-refractivity contribution in [2.24, 2.45) is 0 Å². The Bertz CT molecular complexity index is 163. The monoisotopic (exact) mass is 182 g/mol. The van der Waals surface area contributed by atoms with Crippen molar-refractivity contribution < 1.29 is 0 Å². The van der Waals surface area contributed by atoms with Crippen LogP contribution in [0.2, 0.25) is 0 Å². The van der Waals surface area contributed by atoms with Gasteiger partial charge >= 0.3 is 0 Å². The number of rotatable bonds is 4. The minimum atomic E-state index is 0.586. The molecule has 0 saturated carbocycles. The first-order valence-electron chi connectivity index (χ1n) is 5.26. The summed E-state index contributed by atoms with van der Waals surface area (Å²) >= 11 is 0. The van der Waals surface area contributed by atoms with E-state index < -0.39 is 0 Å². The lowest BCUT2D eigenvalue weighted by Crippen LogP contribution is -2.41. The van der Waals surface area contributed by atoms with Gasteiger partial charge in [-0.1, -0.05) is 12.2 Å². The molecule has 0 saturated heterocycles. The number of nitrogens with one attached hydrogen (secondary N) is 1. The van der Waals surface area contributed by atoms with E-state index in [-0.39, 0.29) is 0 Å². The summed E-state index contributed by atoms with van der Waals surface area (Å²) in [5, 5.41) is 3.62. The highest BCUT2D eigenvalue weighted by molar-refractivity contribution is 4.98. The zero-order valence-electron chi connectivity index (χ0n) is 9.09. The molecule has 0 amide bonds. The van der Waals surface area contributed by atoms with Gasteiger partial charge in [0, 0.05) is 18.6 Å². The predicted octanol–water partition coefficient (Wildman–Crippen LogP) is 1.63. The minimum absolute atomic E-state index is 0.586. The molecule has 76 valence electrons. The van der Waals surface area contributed by atoms with Crippen molar-refractivity contribution in [3.63, 3.8) is 0 Å². The lowest BCUT2D eigenvalue weighted by molar-refractivity contribution is 0.333. The normalized spacial score (nSPS) is 25.1. The summed E-state index contributed by atoms with van der Waals surface area (Å²) in [4.78, 5) is 2.23. The molecule has 0 spiro atoms. The first-order chi connectivity index (χ1) is 6.18. The summed E-state index contributed by atoms with van der Waals surface area (Å²) in [5.74, 6) is 0. The van der Waals surface area contributed by atoms with Gasteiger partial charge in [0.2, 0.25) is 0 Å². The van der Waals surface area contributed by atoms with Crippen molar-refractivity contribution in [3.05, 3.63) is 12.2 Å². The fraction of sp³-hybridized carbons (Fsp3) is 0.818. The Morgan fingerprint density at radius 3 is 2.85 bits per heavy atom. The molecule has 13 heavy (non-hydrogen) atoms. The molecule has 2 heteroatoms. The quantitative estimate of drug-likeness (QED) is 0.665. The van der Waals surface area contributed by atoms with Gasteiger partial charge in [0.1, 0.15) is 0 Å². The average Bonchev–Trinajstić information content (AvgIpc) is 2.04. The van der Waals surface area contributed by atoms with Crippen molar-refractivity contribution in [2.45, 2.75) is 38.3 Å². The number of hydrogen-bond acceptors (Lipinski definition) is 2. The van der Waals surface area contributed by atoms with Crippen LogP contribution in [0.4, 0.5) is 0 Å². The number of nitrogens with zero attached hydrogens (tertiary/aromatic N) is 1. The maximum atomic E-state index is 3.62. The van der Waals surface area contributed by atoms with Crippen LogP contribution in [-0.2, 0) is 0 Å². The van der Waals surface area contributed by atoms with Gasteiger partial charge in [-0.05, 0) is 40.3 Å². The maximum Gasteiger partial charge on any atom is 0.0253 e. The highest BCUT2D eigenvalue weighted by atomic mass is 15.1. The van der Waals surface area contributed by atoms with Crippen LogP contribution in [0.1, 0.15) is 26.2 Å². The van der Waals surface area contributed by atoms with E-state index in [2.05, 4.69) is 43.4 Å². The average molecular weight is 182 g/mol. The largest absolute Gasteiger partial charge is 0.308 e. The van der Waals surface area contributed by atoms with Crippen molar-refractivity contribution in [3.8, 4) is 0 Å². The third kappa shape index (κ3) is 4.44. The van der Waals surface area contributed by atoms with Crippen LogP contribution in [0, 0.1) is 0 Å². The van der Waals surface area contributed by atoms with Crippen LogP contribution in [-0.4, -0.2) is 37.6 Å². The van der Waals surface area contributed by atoms with E-state index in [1.54, 1.807) is 0 Å². The third-order valence-electron chi connectivity index (χ3n) is 2.39. The first kappa shape index (κ1) is 10.7. The van der Waals surface area contributed by atoms with Crippen LogP contribution in [0.5, 0.6) is 0 Å². The Labute approximate surface area is 82.0 Å². The van der Waals surface area contributed by atoms with Gasteiger partial charge in [0.25, 0.3) is 0 Å². The second-order valence-electron chi connectivity index (χ2n) is 4.30. The van der Waals surface area contributed by atoms with Crippen molar-refractivity contribution in [1.82, 2.24) is 10.2 Å². The molecule has 1 rings (SSSR count). The number of hydrogen-bond donors (Lipinski definition) is 1. The first-order valence-corrected chi connectivity index (χ1v) is 5.26. The van der Waals surface area contributed by atoms with Crippen LogP contribution in [0.3, 0.4) is 0 Å². The summed E-state index contributed by atoms with van der Waals surface area (Å²) in [6.45, 7) is 3.37. The maximum absolute atomic E-state index is 3.62. The topological polar surface area (TPSA) is 15.3 Å². The predicted molar refractivity (Wildman–Crippen MR) is 57.9 cm³/mol. The Morgan fingerprint density at radius 2 is 2.31 bits per heavy atom. The molecule has 0 aromatic rings. The standard InChI is InChI=1S/C11H22N2/c1-10(9-13(2)3)12-11-7-5-4-6-8-11/h5,7,10-12H,4,6,8-9H2,1-3H3. The Kier molecular flexibility index (Phi) is 4.46. The van der Waals surface area contributed by atoms with Crippen LogP contribution in [0.25, 0.3) is 0 Å². The molecule has 2 nitrogen and oxygen atoms in total. The van der Waals surface area contributed by atoms with Gasteiger partial charge in [-0.2, -0.15) is 0 Å². The fourth-order valence-corrected chi connectivity index (χ4v) is 1.92. The Balaban J connectivity index is 2.22. The molecule has 2 atom stereocenters. The molecule has 0 bridgehead atoms. The molecule has 1 aliphatic rings. The lowest BCUT2D eigenvalue weighted by atomic mass is 10.0. The van der Waals surface area contributed by atoms with Gasteiger partial charge in [-0.3, -0.25) is 0 Å². The molecule has 0 aliphatic heterocycles. The van der Waals surface area contributed by atoms with Crippen LogP contribution in [0.15, 0.2) is 12.2 Å². The smallest absolute Gasteiger partial charge is 0.0253 e. The highest BCUT2D eigenvalue weighted by Gasteiger charge is 2.11. The van der Waals surface area contributed by atoms with Gasteiger partial charge in [-0.15, -0.1) is 0 Å². The molecule has 2 unspecified atom stereocenters. The van der Waals surface area contributed by atoms with E-state index >= 15 is 0 Å². The molecular weight excluding hydrogens is 160 g/mol. The highest BCUT2D eigenvalue weighted by Crippen LogP contribution is 2.10. The Morgan fingerprint density at radius 1 is 1.54 bits per heavy atom.